The number of sulfone groups is 1. The summed E-state index contributed by atoms with van der Waals surface area (Å²) in [5.41, 5.74) is 0.718. The number of nitrogens with one attached hydrogen (secondary N) is 2. The van der Waals surface area contributed by atoms with Crippen molar-refractivity contribution in [3.8, 4) is 0 Å². The molecule has 2 N–H and O–H groups in total. The summed E-state index contributed by atoms with van der Waals surface area (Å²) < 4.78 is 24.5. The third kappa shape index (κ3) is 3.35. The predicted molar refractivity (Wildman–Crippen MR) is 80.0 cm³/mol. The molecular weight excluding hydrogens is 306 g/mol. The van der Waals surface area contributed by atoms with E-state index in [-0.39, 0.29) is 30.0 Å². The van der Waals surface area contributed by atoms with Crippen LogP contribution in [0, 0.1) is 5.92 Å². The number of urea groups is 1. The zero-order chi connectivity index (χ0) is 15.6. The fraction of sp³-hybridized carbons (Fsp3) is 0.462. The Balaban J connectivity index is 1.48. The Morgan fingerprint density at radius 2 is 2.18 bits per heavy atom. The van der Waals surface area contributed by atoms with E-state index in [0.717, 1.165) is 5.65 Å². The van der Waals surface area contributed by atoms with Gasteiger partial charge in [0.05, 0.1) is 18.1 Å². The van der Waals surface area contributed by atoms with E-state index < -0.39 is 9.84 Å². The summed E-state index contributed by atoms with van der Waals surface area (Å²) in [5.74, 6) is 1.01. The van der Waals surface area contributed by atoms with Gasteiger partial charge in [-0.2, -0.15) is 0 Å². The van der Waals surface area contributed by atoms with Gasteiger partial charge in [0.15, 0.2) is 21.3 Å². The van der Waals surface area contributed by atoms with E-state index >= 15 is 0 Å². The number of aromatic nitrogens is 3. The molecular formula is C13H17N5O3S. The van der Waals surface area contributed by atoms with Gasteiger partial charge in [0, 0.05) is 12.7 Å². The molecule has 1 saturated heterocycles. The van der Waals surface area contributed by atoms with Crippen LogP contribution >= 0.6 is 0 Å². The van der Waals surface area contributed by atoms with Crippen LogP contribution in [0.3, 0.4) is 0 Å². The van der Waals surface area contributed by atoms with E-state index in [9.17, 15) is 13.2 Å². The first-order valence-corrected chi connectivity index (χ1v) is 8.86. The minimum atomic E-state index is -2.91. The third-order valence-corrected chi connectivity index (χ3v) is 5.51. The fourth-order valence-electron chi connectivity index (χ4n) is 2.50. The van der Waals surface area contributed by atoms with Gasteiger partial charge in [-0.1, -0.05) is 6.07 Å². The molecule has 2 amide bonds. The summed E-state index contributed by atoms with van der Waals surface area (Å²) in [6.07, 6.45) is 2.44. The molecule has 1 aliphatic heterocycles. The minimum Gasteiger partial charge on any atom is -0.338 e. The second-order valence-corrected chi connectivity index (χ2v) is 7.61. The lowest BCUT2D eigenvalue weighted by Crippen LogP contribution is -2.38. The molecule has 0 radical (unpaired) electrons. The molecule has 0 unspecified atom stereocenters. The summed E-state index contributed by atoms with van der Waals surface area (Å²) in [7, 11) is -2.91. The van der Waals surface area contributed by atoms with Gasteiger partial charge in [-0.3, -0.25) is 4.40 Å². The first kappa shape index (κ1) is 14.8. The summed E-state index contributed by atoms with van der Waals surface area (Å²) in [5, 5.41) is 13.4. The topological polar surface area (TPSA) is 105 Å². The van der Waals surface area contributed by atoms with E-state index in [1.165, 1.54) is 0 Å². The molecule has 0 bridgehead atoms. The van der Waals surface area contributed by atoms with Crippen molar-refractivity contribution in [1.82, 2.24) is 25.2 Å². The van der Waals surface area contributed by atoms with Gasteiger partial charge in [-0.05, 0) is 24.5 Å². The lowest BCUT2D eigenvalue weighted by molar-refractivity contribution is 0.238. The van der Waals surface area contributed by atoms with Gasteiger partial charge in [-0.15, -0.1) is 10.2 Å². The Morgan fingerprint density at radius 3 is 2.95 bits per heavy atom. The Bertz CT molecular complexity index is 786. The number of hydrogen-bond acceptors (Lipinski definition) is 5. The molecule has 8 nitrogen and oxygen atoms in total. The summed E-state index contributed by atoms with van der Waals surface area (Å²) >= 11 is 0. The highest BCUT2D eigenvalue weighted by molar-refractivity contribution is 7.91. The van der Waals surface area contributed by atoms with Crippen LogP contribution in [0.4, 0.5) is 4.79 Å². The molecule has 0 saturated carbocycles. The molecule has 22 heavy (non-hydrogen) atoms. The first-order chi connectivity index (χ1) is 10.5. The maximum atomic E-state index is 11.8. The number of rotatable bonds is 4. The minimum absolute atomic E-state index is 0.00433. The van der Waals surface area contributed by atoms with Crippen LogP contribution in [0.1, 0.15) is 12.2 Å². The maximum Gasteiger partial charge on any atom is 0.315 e. The van der Waals surface area contributed by atoms with Crippen LogP contribution in [-0.2, 0) is 16.4 Å². The number of carbonyl (C=O) groups excluding carboxylic acids is 1. The molecule has 3 rings (SSSR count). The fourth-order valence-corrected chi connectivity index (χ4v) is 4.37. The van der Waals surface area contributed by atoms with Gasteiger partial charge in [0.2, 0.25) is 0 Å². The Kier molecular flexibility index (Phi) is 3.97. The zero-order valence-corrected chi connectivity index (χ0v) is 12.7. The van der Waals surface area contributed by atoms with Crippen LogP contribution in [-0.4, -0.2) is 47.1 Å². The van der Waals surface area contributed by atoms with Gasteiger partial charge in [0.1, 0.15) is 0 Å². The number of pyridine rings is 1. The Labute approximate surface area is 127 Å². The van der Waals surface area contributed by atoms with Crippen molar-refractivity contribution in [3.05, 3.63) is 30.2 Å². The molecule has 9 heteroatoms. The monoisotopic (exact) mass is 323 g/mol. The predicted octanol–water partition coefficient (Wildman–Crippen LogP) is -0.0368. The molecule has 2 aromatic rings. The lowest BCUT2D eigenvalue weighted by atomic mass is 10.1. The molecule has 1 atom stereocenters. The molecule has 0 spiro atoms. The number of hydrogen-bond donors (Lipinski definition) is 2. The van der Waals surface area contributed by atoms with E-state index in [1.807, 2.05) is 24.4 Å². The largest absolute Gasteiger partial charge is 0.338 e. The number of amides is 2. The summed E-state index contributed by atoms with van der Waals surface area (Å²) in [6.45, 7) is 0.617. The van der Waals surface area contributed by atoms with Crippen LogP contribution in [0.25, 0.3) is 5.65 Å². The molecule has 0 aromatic carbocycles. The highest BCUT2D eigenvalue weighted by atomic mass is 32.2. The third-order valence-electron chi connectivity index (χ3n) is 3.67. The van der Waals surface area contributed by atoms with Gasteiger partial charge in [0.25, 0.3) is 0 Å². The molecule has 118 valence electrons. The Hall–Kier alpha value is -2.16. The second kappa shape index (κ2) is 5.91. The SMILES string of the molecule is O=C(NCc1nnc2ccccn12)NC[C@H]1CCS(=O)(=O)C1. The summed E-state index contributed by atoms with van der Waals surface area (Å²) in [4.78, 5) is 11.8. The quantitative estimate of drug-likeness (QED) is 0.821. The molecule has 2 aromatic heterocycles. The van der Waals surface area contributed by atoms with Crippen molar-refractivity contribution in [2.75, 3.05) is 18.1 Å². The molecule has 3 heterocycles. The van der Waals surface area contributed by atoms with Gasteiger partial charge < -0.3 is 10.6 Å². The van der Waals surface area contributed by atoms with Crippen molar-refractivity contribution < 1.29 is 13.2 Å². The second-order valence-electron chi connectivity index (χ2n) is 5.38. The van der Waals surface area contributed by atoms with E-state index in [4.69, 9.17) is 0 Å². The molecule has 1 aliphatic rings. The lowest BCUT2D eigenvalue weighted by Gasteiger charge is -2.10. The average molecular weight is 323 g/mol. The molecule has 1 fully saturated rings. The van der Waals surface area contributed by atoms with E-state index in [0.29, 0.717) is 18.8 Å². The van der Waals surface area contributed by atoms with E-state index in [1.54, 1.807) is 4.40 Å². The van der Waals surface area contributed by atoms with Gasteiger partial charge >= 0.3 is 6.03 Å². The smallest absolute Gasteiger partial charge is 0.315 e. The van der Waals surface area contributed by atoms with Crippen molar-refractivity contribution in [2.45, 2.75) is 13.0 Å². The van der Waals surface area contributed by atoms with E-state index in [2.05, 4.69) is 20.8 Å². The van der Waals surface area contributed by atoms with Crippen molar-refractivity contribution in [2.24, 2.45) is 5.92 Å². The standard InChI is InChI=1S/C13H17N5O3S/c19-13(14-7-10-4-6-22(20,21)9-10)15-8-12-17-16-11-3-1-2-5-18(11)12/h1-3,5,10H,4,6-9H2,(H2,14,15,19)/t10-/m1/s1. The normalized spacial score (nSPS) is 20.1. The Morgan fingerprint density at radius 1 is 1.32 bits per heavy atom. The summed E-state index contributed by atoms with van der Waals surface area (Å²) in [6, 6.07) is 5.22. The van der Waals surface area contributed by atoms with Crippen LogP contribution in [0.15, 0.2) is 24.4 Å². The zero-order valence-electron chi connectivity index (χ0n) is 11.9. The first-order valence-electron chi connectivity index (χ1n) is 7.04. The average Bonchev–Trinajstić information content (AvgIpc) is 3.06. The number of carbonyl (C=O) groups is 1. The maximum absolute atomic E-state index is 11.8. The highest BCUT2D eigenvalue weighted by Gasteiger charge is 2.27. The molecule has 0 aliphatic carbocycles. The van der Waals surface area contributed by atoms with Crippen LogP contribution in [0.2, 0.25) is 0 Å². The van der Waals surface area contributed by atoms with Crippen LogP contribution < -0.4 is 10.6 Å². The highest BCUT2D eigenvalue weighted by Crippen LogP contribution is 2.17. The van der Waals surface area contributed by atoms with Gasteiger partial charge in [-0.25, -0.2) is 13.2 Å². The van der Waals surface area contributed by atoms with Crippen LogP contribution in [0.5, 0.6) is 0 Å². The van der Waals surface area contributed by atoms with Crippen molar-refractivity contribution >= 4 is 21.5 Å². The number of nitrogens with zero attached hydrogens (tertiary/aromatic N) is 3. The van der Waals surface area contributed by atoms with Crippen molar-refractivity contribution in [3.63, 3.8) is 0 Å². The number of fused-ring (bicyclic) bond motifs is 1. The van der Waals surface area contributed by atoms with Crippen molar-refractivity contribution in [1.29, 1.82) is 0 Å².